The topological polar surface area (TPSA) is 17.8 Å². The Morgan fingerprint density at radius 3 is 2.29 bits per heavy atom. The Morgan fingerprint density at radius 2 is 1.71 bits per heavy atom. The summed E-state index contributed by atoms with van der Waals surface area (Å²) in [7, 11) is 2.10. The Hall–Kier alpha value is -2.09. The molecule has 0 N–H and O–H groups in total. The van der Waals surface area contributed by atoms with Crippen LogP contribution in [0.1, 0.15) is 58.1 Å². The van der Waals surface area contributed by atoms with E-state index in [4.69, 9.17) is 4.98 Å². The Balaban J connectivity index is 2.05. The van der Waals surface area contributed by atoms with Gasteiger partial charge in [-0.05, 0) is 41.0 Å². The number of fused-ring (bicyclic) bond motifs is 1. The Kier molecular flexibility index (Phi) is 4.25. The maximum Gasteiger partial charge on any atom is 0.140 e. The standard InChI is InChI=1S/C22H28N2/c1-7-15(2)17-10-13-20-19(14-17)23-21(24(20)6)16-8-11-18(12-9-16)22(3,4)5/h8-15H,7H2,1-6H3. The highest BCUT2D eigenvalue weighted by Gasteiger charge is 2.15. The minimum atomic E-state index is 0.177. The molecule has 1 atom stereocenters. The molecule has 0 bridgehead atoms. The van der Waals surface area contributed by atoms with Gasteiger partial charge in [0, 0.05) is 12.6 Å². The Labute approximate surface area is 145 Å². The van der Waals surface area contributed by atoms with Gasteiger partial charge < -0.3 is 4.57 Å². The number of benzene rings is 2. The Bertz CT molecular complexity index is 848. The summed E-state index contributed by atoms with van der Waals surface area (Å²) in [6.07, 6.45) is 1.15. The van der Waals surface area contributed by atoms with E-state index in [1.54, 1.807) is 0 Å². The predicted octanol–water partition coefficient (Wildman–Crippen LogP) is 6.05. The van der Waals surface area contributed by atoms with Crippen LogP contribution in [0.4, 0.5) is 0 Å². The van der Waals surface area contributed by atoms with Crippen LogP contribution in [-0.2, 0) is 12.5 Å². The van der Waals surface area contributed by atoms with Crippen LogP contribution in [0.25, 0.3) is 22.4 Å². The van der Waals surface area contributed by atoms with Crippen molar-refractivity contribution in [1.82, 2.24) is 9.55 Å². The van der Waals surface area contributed by atoms with Gasteiger partial charge in [0.25, 0.3) is 0 Å². The number of hydrogen-bond donors (Lipinski definition) is 0. The molecule has 0 fully saturated rings. The lowest BCUT2D eigenvalue weighted by atomic mass is 9.87. The van der Waals surface area contributed by atoms with Crippen LogP contribution in [0.15, 0.2) is 42.5 Å². The largest absolute Gasteiger partial charge is 0.327 e. The van der Waals surface area contributed by atoms with Gasteiger partial charge in [0.05, 0.1) is 11.0 Å². The molecule has 3 aromatic rings. The van der Waals surface area contributed by atoms with Gasteiger partial charge in [-0.3, -0.25) is 0 Å². The maximum atomic E-state index is 4.91. The lowest BCUT2D eigenvalue weighted by Gasteiger charge is -2.19. The minimum absolute atomic E-state index is 0.177. The van der Waals surface area contributed by atoms with Crippen LogP contribution in [-0.4, -0.2) is 9.55 Å². The second-order valence-electron chi connectivity index (χ2n) is 7.88. The highest BCUT2D eigenvalue weighted by Crippen LogP contribution is 2.29. The molecule has 1 unspecified atom stereocenters. The summed E-state index contributed by atoms with van der Waals surface area (Å²) in [5.41, 5.74) is 6.35. The molecular formula is C22H28N2. The zero-order valence-electron chi connectivity index (χ0n) is 15.7. The first-order valence-electron chi connectivity index (χ1n) is 8.88. The van der Waals surface area contributed by atoms with Crippen LogP contribution in [0.2, 0.25) is 0 Å². The third-order valence-electron chi connectivity index (χ3n) is 5.10. The molecule has 2 heteroatoms. The molecule has 126 valence electrons. The fraction of sp³-hybridized carbons (Fsp3) is 0.409. The molecule has 0 aliphatic carbocycles. The van der Waals surface area contributed by atoms with Gasteiger partial charge in [0.15, 0.2) is 0 Å². The van der Waals surface area contributed by atoms with Crippen molar-refractivity contribution in [1.29, 1.82) is 0 Å². The third kappa shape index (κ3) is 2.98. The molecule has 0 amide bonds. The van der Waals surface area contributed by atoms with Crippen molar-refractivity contribution < 1.29 is 0 Å². The third-order valence-corrected chi connectivity index (χ3v) is 5.10. The van der Waals surface area contributed by atoms with Crippen molar-refractivity contribution in [3.8, 4) is 11.4 Å². The highest BCUT2D eigenvalue weighted by molar-refractivity contribution is 5.81. The molecule has 24 heavy (non-hydrogen) atoms. The fourth-order valence-corrected chi connectivity index (χ4v) is 3.14. The quantitative estimate of drug-likeness (QED) is 0.574. The molecule has 0 aliphatic heterocycles. The van der Waals surface area contributed by atoms with E-state index in [1.807, 2.05) is 0 Å². The molecule has 0 saturated carbocycles. The number of aromatic nitrogens is 2. The molecule has 1 aromatic heterocycles. The molecule has 2 nitrogen and oxygen atoms in total. The van der Waals surface area contributed by atoms with Crippen LogP contribution in [0, 0.1) is 0 Å². The van der Waals surface area contributed by atoms with E-state index in [0.29, 0.717) is 5.92 Å². The van der Waals surface area contributed by atoms with E-state index in [0.717, 1.165) is 17.8 Å². The molecule has 2 aromatic carbocycles. The van der Waals surface area contributed by atoms with E-state index in [-0.39, 0.29) is 5.41 Å². The summed E-state index contributed by atoms with van der Waals surface area (Å²) in [6, 6.07) is 15.5. The number of rotatable bonds is 3. The van der Waals surface area contributed by atoms with Gasteiger partial charge in [-0.15, -0.1) is 0 Å². The van der Waals surface area contributed by atoms with Crippen molar-refractivity contribution in [2.45, 2.75) is 52.4 Å². The first-order chi connectivity index (χ1) is 11.3. The van der Waals surface area contributed by atoms with Crippen molar-refractivity contribution in [3.05, 3.63) is 53.6 Å². The SMILES string of the molecule is CCC(C)c1ccc2c(c1)nc(-c1ccc(C(C)(C)C)cc1)n2C. The second-order valence-corrected chi connectivity index (χ2v) is 7.88. The monoisotopic (exact) mass is 320 g/mol. The van der Waals surface area contributed by atoms with E-state index < -0.39 is 0 Å². The van der Waals surface area contributed by atoms with Crippen LogP contribution >= 0.6 is 0 Å². The van der Waals surface area contributed by atoms with E-state index >= 15 is 0 Å². The van der Waals surface area contributed by atoms with E-state index in [1.165, 1.54) is 22.2 Å². The lowest BCUT2D eigenvalue weighted by Crippen LogP contribution is -2.10. The number of hydrogen-bond acceptors (Lipinski definition) is 1. The second kappa shape index (κ2) is 6.08. The molecule has 3 rings (SSSR count). The van der Waals surface area contributed by atoms with Gasteiger partial charge >= 0.3 is 0 Å². The summed E-state index contributed by atoms with van der Waals surface area (Å²) in [6.45, 7) is 11.2. The van der Waals surface area contributed by atoms with E-state index in [2.05, 4.69) is 88.7 Å². The van der Waals surface area contributed by atoms with Crippen molar-refractivity contribution >= 4 is 11.0 Å². The van der Waals surface area contributed by atoms with Crippen LogP contribution in [0.5, 0.6) is 0 Å². The minimum Gasteiger partial charge on any atom is -0.327 e. The average molecular weight is 320 g/mol. The van der Waals surface area contributed by atoms with Gasteiger partial charge in [0.1, 0.15) is 5.82 Å². The van der Waals surface area contributed by atoms with Gasteiger partial charge in [0.2, 0.25) is 0 Å². The Morgan fingerprint density at radius 1 is 1.04 bits per heavy atom. The van der Waals surface area contributed by atoms with Crippen molar-refractivity contribution in [3.63, 3.8) is 0 Å². The number of nitrogens with zero attached hydrogens (tertiary/aromatic N) is 2. The zero-order chi connectivity index (χ0) is 17.5. The van der Waals surface area contributed by atoms with Crippen molar-refractivity contribution in [2.24, 2.45) is 7.05 Å². The first kappa shape index (κ1) is 16.8. The normalized spacial score (nSPS) is 13.4. The number of aryl methyl sites for hydroxylation is 1. The van der Waals surface area contributed by atoms with Gasteiger partial charge in [-0.1, -0.05) is 65.0 Å². The molecule has 0 spiro atoms. The molecule has 0 saturated heterocycles. The predicted molar refractivity (Wildman–Crippen MR) is 104 cm³/mol. The zero-order valence-corrected chi connectivity index (χ0v) is 15.7. The lowest BCUT2D eigenvalue weighted by molar-refractivity contribution is 0.590. The summed E-state index contributed by atoms with van der Waals surface area (Å²) in [4.78, 5) is 4.91. The maximum absolute atomic E-state index is 4.91. The van der Waals surface area contributed by atoms with Gasteiger partial charge in [-0.2, -0.15) is 0 Å². The molecule has 1 heterocycles. The summed E-state index contributed by atoms with van der Waals surface area (Å²) < 4.78 is 2.20. The van der Waals surface area contributed by atoms with Crippen LogP contribution in [0.3, 0.4) is 0 Å². The fourth-order valence-electron chi connectivity index (χ4n) is 3.14. The summed E-state index contributed by atoms with van der Waals surface area (Å²) in [5, 5.41) is 0. The number of imidazole rings is 1. The van der Waals surface area contributed by atoms with Gasteiger partial charge in [-0.25, -0.2) is 4.98 Å². The van der Waals surface area contributed by atoms with Crippen LogP contribution < -0.4 is 0 Å². The smallest absolute Gasteiger partial charge is 0.140 e. The average Bonchev–Trinajstić information content (AvgIpc) is 2.90. The molecule has 0 radical (unpaired) electrons. The highest BCUT2D eigenvalue weighted by atomic mass is 15.1. The molecule has 0 aliphatic rings. The summed E-state index contributed by atoms with van der Waals surface area (Å²) >= 11 is 0. The molecular weight excluding hydrogens is 292 g/mol. The first-order valence-corrected chi connectivity index (χ1v) is 8.88. The van der Waals surface area contributed by atoms with Crippen molar-refractivity contribution in [2.75, 3.05) is 0 Å². The summed E-state index contributed by atoms with van der Waals surface area (Å²) in [5.74, 6) is 1.61. The van der Waals surface area contributed by atoms with E-state index in [9.17, 15) is 0 Å².